The number of rotatable bonds is 6. The van der Waals surface area contributed by atoms with Gasteiger partial charge in [-0.25, -0.2) is 4.79 Å². The Bertz CT molecular complexity index is 671. The van der Waals surface area contributed by atoms with Gasteiger partial charge in [0.1, 0.15) is 0 Å². The van der Waals surface area contributed by atoms with Crippen LogP contribution in [0.2, 0.25) is 5.02 Å². The molecule has 1 fully saturated rings. The second kappa shape index (κ2) is 9.69. The Labute approximate surface area is 165 Å². The van der Waals surface area contributed by atoms with Crippen molar-refractivity contribution in [2.75, 3.05) is 53.0 Å². The van der Waals surface area contributed by atoms with Crippen molar-refractivity contribution in [3.05, 3.63) is 22.7 Å². The van der Waals surface area contributed by atoms with E-state index < -0.39 is 0 Å². The molecule has 0 unspecified atom stereocenters. The molecule has 0 N–H and O–H groups in total. The number of methoxy groups -OCH3 is 1. The van der Waals surface area contributed by atoms with Crippen LogP contribution in [0.4, 0.5) is 4.79 Å². The molecule has 1 saturated heterocycles. The molecule has 1 aliphatic heterocycles. The standard InChI is InChI=1S/C19H28ClN3O4/c1-5-21(6-2)19(25)23-10-8-22(9-11-23)18(24)14-12-15(20)17(27-7-3)16(13-14)26-4/h12-13H,5-11H2,1-4H3. The molecule has 8 heteroatoms. The molecule has 1 aromatic carbocycles. The number of benzene rings is 1. The molecule has 1 aliphatic rings. The number of hydrogen-bond acceptors (Lipinski definition) is 4. The number of halogens is 1. The lowest BCUT2D eigenvalue weighted by atomic mass is 10.1. The molecular weight excluding hydrogens is 370 g/mol. The van der Waals surface area contributed by atoms with Crippen LogP contribution in [-0.4, -0.2) is 79.6 Å². The fraction of sp³-hybridized carbons (Fsp3) is 0.579. The first-order valence-corrected chi connectivity index (χ1v) is 9.67. The summed E-state index contributed by atoms with van der Waals surface area (Å²) in [6, 6.07) is 3.27. The lowest BCUT2D eigenvalue weighted by Crippen LogP contribution is -2.54. The summed E-state index contributed by atoms with van der Waals surface area (Å²) in [5, 5.41) is 0.342. The van der Waals surface area contributed by atoms with Crippen molar-refractivity contribution in [2.24, 2.45) is 0 Å². The molecule has 150 valence electrons. The fourth-order valence-corrected chi connectivity index (χ4v) is 3.37. The van der Waals surface area contributed by atoms with Gasteiger partial charge in [0.05, 0.1) is 18.7 Å². The number of ether oxygens (including phenoxy) is 2. The van der Waals surface area contributed by atoms with E-state index in [1.165, 1.54) is 7.11 Å². The molecule has 0 saturated carbocycles. The first-order chi connectivity index (χ1) is 13.0. The monoisotopic (exact) mass is 397 g/mol. The first kappa shape index (κ1) is 21.2. The smallest absolute Gasteiger partial charge is 0.320 e. The van der Waals surface area contributed by atoms with Crippen molar-refractivity contribution in [3.8, 4) is 11.5 Å². The van der Waals surface area contributed by atoms with Gasteiger partial charge in [-0.1, -0.05) is 11.6 Å². The van der Waals surface area contributed by atoms with Crippen LogP contribution in [-0.2, 0) is 0 Å². The van der Waals surface area contributed by atoms with E-state index in [1.54, 1.807) is 26.8 Å². The van der Waals surface area contributed by atoms with E-state index in [-0.39, 0.29) is 11.9 Å². The van der Waals surface area contributed by atoms with E-state index in [9.17, 15) is 9.59 Å². The maximum Gasteiger partial charge on any atom is 0.320 e. The van der Waals surface area contributed by atoms with Crippen molar-refractivity contribution >= 4 is 23.5 Å². The summed E-state index contributed by atoms with van der Waals surface area (Å²) in [7, 11) is 1.51. The summed E-state index contributed by atoms with van der Waals surface area (Å²) >= 11 is 6.27. The topological polar surface area (TPSA) is 62.3 Å². The van der Waals surface area contributed by atoms with E-state index in [4.69, 9.17) is 21.1 Å². The second-order valence-corrected chi connectivity index (χ2v) is 6.56. The molecule has 0 aliphatic carbocycles. The minimum Gasteiger partial charge on any atom is -0.493 e. The summed E-state index contributed by atoms with van der Waals surface area (Å²) < 4.78 is 10.8. The molecular formula is C19H28ClN3O4. The van der Waals surface area contributed by atoms with Crippen LogP contribution >= 0.6 is 11.6 Å². The second-order valence-electron chi connectivity index (χ2n) is 6.16. The van der Waals surface area contributed by atoms with Gasteiger partial charge in [-0.15, -0.1) is 0 Å². The Kier molecular flexibility index (Phi) is 7.59. The Morgan fingerprint density at radius 3 is 2.19 bits per heavy atom. The largest absolute Gasteiger partial charge is 0.493 e. The van der Waals surface area contributed by atoms with E-state index in [1.807, 2.05) is 20.8 Å². The third-order valence-electron chi connectivity index (χ3n) is 4.64. The minimum atomic E-state index is -0.131. The van der Waals surface area contributed by atoms with E-state index >= 15 is 0 Å². The third-order valence-corrected chi connectivity index (χ3v) is 4.92. The SMILES string of the molecule is CCOc1c(Cl)cc(C(=O)N2CCN(C(=O)N(CC)CC)CC2)cc1OC. The van der Waals surface area contributed by atoms with Gasteiger partial charge >= 0.3 is 6.03 Å². The highest BCUT2D eigenvalue weighted by molar-refractivity contribution is 6.32. The Balaban J connectivity index is 2.07. The molecule has 27 heavy (non-hydrogen) atoms. The van der Waals surface area contributed by atoms with Gasteiger partial charge in [-0.3, -0.25) is 4.79 Å². The van der Waals surface area contributed by atoms with Crippen LogP contribution < -0.4 is 9.47 Å². The Morgan fingerprint density at radius 2 is 1.67 bits per heavy atom. The predicted octanol–water partition coefficient (Wildman–Crippen LogP) is 2.97. The predicted molar refractivity (Wildman–Crippen MR) is 105 cm³/mol. The minimum absolute atomic E-state index is 0.0258. The third kappa shape index (κ3) is 4.77. The van der Waals surface area contributed by atoms with Crippen molar-refractivity contribution in [2.45, 2.75) is 20.8 Å². The van der Waals surface area contributed by atoms with E-state index in [2.05, 4.69) is 0 Å². The molecule has 3 amide bonds. The summed E-state index contributed by atoms with van der Waals surface area (Å²) in [6.45, 7) is 9.59. The quantitative estimate of drug-likeness (QED) is 0.740. The maximum atomic E-state index is 12.9. The van der Waals surface area contributed by atoms with Crippen LogP contribution in [0.3, 0.4) is 0 Å². The normalized spacial score (nSPS) is 14.1. The summed E-state index contributed by atoms with van der Waals surface area (Å²) in [4.78, 5) is 30.6. The Morgan fingerprint density at radius 1 is 1.07 bits per heavy atom. The Hall–Kier alpha value is -2.15. The molecule has 1 aromatic rings. The van der Waals surface area contributed by atoms with E-state index in [0.717, 1.165) is 0 Å². The molecule has 0 aromatic heterocycles. The first-order valence-electron chi connectivity index (χ1n) is 9.30. The maximum absolute atomic E-state index is 12.9. The van der Waals surface area contributed by atoms with Gasteiger partial charge < -0.3 is 24.2 Å². The highest BCUT2D eigenvalue weighted by Crippen LogP contribution is 2.36. The molecule has 0 bridgehead atoms. The highest BCUT2D eigenvalue weighted by Gasteiger charge is 2.27. The van der Waals surface area contributed by atoms with Crippen molar-refractivity contribution in [1.82, 2.24) is 14.7 Å². The number of nitrogens with zero attached hydrogens (tertiary/aromatic N) is 3. The van der Waals surface area contributed by atoms with Crippen LogP contribution in [0, 0.1) is 0 Å². The number of carbonyl (C=O) groups is 2. The number of amides is 3. The van der Waals surface area contributed by atoms with Crippen molar-refractivity contribution < 1.29 is 19.1 Å². The molecule has 2 rings (SSSR count). The zero-order valence-electron chi connectivity index (χ0n) is 16.5. The fourth-order valence-electron chi connectivity index (χ4n) is 3.11. The van der Waals surface area contributed by atoms with Crippen LogP contribution in [0.25, 0.3) is 0 Å². The summed E-state index contributed by atoms with van der Waals surface area (Å²) in [5.41, 5.74) is 0.448. The van der Waals surface area contributed by atoms with Crippen LogP contribution in [0.5, 0.6) is 11.5 Å². The number of urea groups is 1. The van der Waals surface area contributed by atoms with Gasteiger partial charge in [-0.05, 0) is 32.9 Å². The molecule has 0 atom stereocenters. The average Bonchev–Trinajstić information content (AvgIpc) is 2.69. The van der Waals surface area contributed by atoms with Gasteiger partial charge in [0.2, 0.25) is 0 Å². The van der Waals surface area contributed by atoms with Gasteiger partial charge in [0.15, 0.2) is 11.5 Å². The van der Waals surface area contributed by atoms with Gasteiger partial charge in [-0.2, -0.15) is 0 Å². The summed E-state index contributed by atoms with van der Waals surface area (Å²) in [6.07, 6.45) is 0. The highest BCUT2D eigenvalue weighted by atomic mass is 35.5. The molecule has 7 nitrogen and oxygen atoms in total. The number of piperazine rings is 1. The zero-order valence-corrected chi connectivity index (χ0v) is 17.2. The zero-order chi connectivity index (χ0) is 20.0. The van der Waals surface area contributed by atoms with Gasteiger partial charge in [0, 0.05) is 44.8 Å². The number of carbonyl (C=O) groups excluding carboxylic acids is 2. The molecule has 0 radical (unpaired) electrons. The van der Waals surface area contributed by atoms with Crippen molar-refractivity contribution in [1.29, 1.82) is 0 Å². The van der Waals surface area contributed by atoms with Crippen LogP contribution in [0.1, 0.15) is 31.1 Å². The van der Waals surface area contributed by atoms with Gasteiger partial charge in [0.25, 0.3) is 5.91 Å². The lowest BCUT2D eigenvalue weighted by molar-refractivity contribution is 0.0641. The molecule has 0 spiro atoms. The van der Waals surface area contributed by atoms with Crippen LogP contribution in [0.15, 0.2) is 12.1 Å². The number of hydrogen-bond donors (Lipinski definition) is 0. The lowest BCUT2D eigenvalue weighted by Gasteiger charge is -2.37. The summed E-state index contributed by atoms with van der Waals surface area (Å²) in [5.74, 6) is 0.740. The molecule has 1 heterocycles. The average molecular weight is 398 g/mol. The van der Waals surface area contributed by atoms with Crippen molar-refractivity contribution in [3.63, 3.8) is 0 Å². The van der Waals surface area contributed by atoms with E-state index in [0.29, 0.717) is 68.0 Å².